The number of piperidine rings is 1. The molecular weight excluding hydrogens is 580 g/mol. The van der Waals surface area contributed by atoms with Gasteiger partial charge in [0.2, 0.25) is 5.78 Å². The van der Waals surface area contributed by atoms with Crippen LogP contribution in [0.25, 0.3) is 0 Å². The van der Waals surface area contributed by atoms with E-state index in [1.165, 1.54) is 31.1 Å². The number of ketones is 2. The standard InChI is InChI=1S/C29H36N4O11/c1-13-15-5-4-6-16(34)18(15)23(35)19-17(13)24(36)21-22(31(2)3)25(37)20(27(39)29(21,41)26(19)38)28(40)30-12-32-9-7-14(8-10-32)11-44-33(42)43/h4-6,13-14,17,21-22,24,34,36-38,41H,7-12H2,1-3H3,(H,30,40)/t13-,17+,21+,22-,24-,29-/m0/s1. The summed E-state index contributed by atoms with van der Waals surface area (Å²) in [5.74, 6) is -8.72. The summed E-state index contributed by atoms with van der Waals surface area (Å²) in [5, 5.41) is 69.3. The van der Waals surface area contributed by atoms with Crippen molar-refractivity contribution in [3.05, 3.63) is 62.1 Å². The number of hydrogen-bond acceptors (Lipinski definition) is 13. The molecule has 6 N–H and O–H groups in total. The van der Waals surface area contributed by atoms with Gasteiger partial charge in [-0.1, -0.05) is 19.1 Å². The summed E-state index contributed by atoms with van der Waals surface area (Å²) in [7, 11) is 3.01. The maximum Gasteiger partial charge on any atom is 0.294 e. The first kappa shape index (κ1) is 31.4. The van der Waals surface area contributed by atoms with Crippen molar-refractivity contribution in [2.45, 2.75) is 43.4 Å². The maximum atomic E-state index is 14.0. The van der Waals surface area contributed by atoms with Crippen LogP contribution in [0.1, 0.15) is 41.6 Å². The van der Waals surface area contributed by atoms with Crippen LogP contribution < -0.4 is 5.32 Å². The Morgan fingerprint density at radius 3 is 2.48 bits per heavy atom. The number of amides is 1. The highest BCUT2D eigenvalue weighted by Crippen LogP contribution is 2.55. The van der Waals surface area contributed by atoms with Crippen molar-refractivity contribution in [3.8, 4) is 5.75 Å². The van der Waals surface area contributed by atoms with E-state index < -0.39 is 80.7 Å². The quantitative estimate of drug-likeness (QED) is 0.137. The number of nitrogens with one attached hydrogen (secondary N) is 1. The molecule has 238 valence electrons. The molecular formula is C29H36N4O11. The molecule has 44 heavy (non-hydrogen) atoms. The van der Waals surface area contributed by atoms with E-state index in [1.54, 1.807) is 13.0 Å². The number of aromatic hydroxyl groups is 1. The van der Waals surface area contributed by atoms with Crippen molar-refractivity contribution >= 4 is 17.5 Å². The van der Waals surface area contributed by atoms with E-state index in [1.807, 2.05) is 4.90 Å². The number of likely N-dealkylation sites (N-methyl/N-ethyl adjacent to an activating group) is 1. The van der Waals surface area contributed by atoms with Crippen molar-refractivity contribution in [2.75, 3.05) is 40.5 Å². The molecule has 1 saturated heterocycles. The second-order valence-corrected chi connectivity index (χ2v) is 12.2. The lowest BCUT2D eigenvalue weighted by Gasteiger charge is -2.53. The first-order chi connectivity index (χ1) is 20.7. The summed E-state index contributed by atoms with van der Waals surface area (Å²) >= 11 is 0. The minimum Gasteiger partial charge on any atom is -0.510 e. The van der Waals surface area contributed by atoms with Gasteiger partial charge in [0.05, 0.1) is 36.9 Å². The molecule has 15 nitrogen and oxygen atoms in total. The van der Waals surface area contributed by atoms with Gasteiger partial charge in [-0.3, -0.25) is 24.2 Å². The van der Waals surface area contributed by atoms with Crippen LogP contribution >= 0.6 is 0 Å². The highest BCUT2D eigenvalue weighted by Gasteiger charge is 2.67. The van der Waals surface area contributed by atoms with Crippen molar-refractivity contribution in [3.63, 3.8) is 0 Å². The van der Waals surface area contributed by atoms with Crippen LogP contribution in [0, 0.1) is 27.9 Å². The van der Waals surface area contributed by atoms with E-state index in [9.17, 15) is 50.0 Å². The highest BCUT2D eigenvalue weighted by molar-refractivity contribution is 6.25. The number of fused-ring (bicyclic) bond motifs is 3. The summed E-state index contributed by atoms with van der Waals surface area (Å²) < 4.78 is 0. The fraction of sp³-hybridized carbons (Fsp3) is 0.552. The van der Waals surface area contributed by atoms with E-state index in [0.717, 1.165) is 0 Å². The molecule has 6 atom stereocenters. The lowest BCUT2D eigenvalue weighted by Crippen LogP contribution is -2.68. The SMILES string of the molecule is C[C@H]1c2cccc(O)c2C(=O)C2=C(O)[C@]3(O)C(=O)C(C(=O)NCN4CCC(CO[N+](=O)[O-])CC4)=C(O)[C@@H](N(C)C)[C@@H]3[C@@H](O)[C@@H]21. The normalized spacial score (nSPS) is 31.0. The van der Waals surface area contributed by atoms with Crippen LogP contribution in [0.2, 0.25) is 0 Å². The molecule has 15 heteroatoms. The second kappa shape index (κ2) is 11.5. The van der Waals surface area contributed by atoms with E-state index >= 15 is 0 Å². The smallest absolute Gasteiger partial charge is 0.294 e. The molecule has 0 radical (unpaired) electrons. The molecule has 4 aliphatic rings. The Balaban J connectivity index is 1.46. The third-order valence-corrected chi connectivity index (χ3v) is 9.56. The van der Waals surface area contributed by atoms with Crippen molar-refractivity contribution in [1.82, 2.24) is 15.1 Å². The maximum absolute atomic E-state index is 14.0. The number of nitrogens with zero attached hydrogens (tertiary/aromatic N) is 3. The van der Waals surface area contributed by atoms with Crippen LogP contribution in [0.4, 0.5) is 0 Å². The van der Waals surface area contributed by atoms with Crippen LogP contribution in [0.3, 0.4) is 0 Å². The minimum absolute atomic E-state index is 0.0354. The zero-order valence-electron chi connectivity index (χ0n) is 24.5. The Bertz CT molecular complexity index is 1460. The van der Waals surface area contributed by atoms with Gasteiger partial charge in [-0.15, -0.1) is 10.1 Å². The number of Topliss-reactive ketones (excluding diaryl/α,β-unsaturated/α-hetero) is 2. The number of carbonyl (C=O) groups excluding carboxylic acids is 3. The Labute approximate surface area is 252 Å². The lowest BCUT2D eigenvalue weighted by atomic mass is 9.55. The van der Waals surface area contributed by atoms with Crippen LogP contribution in [-0.4, -0.2) is 116 Å². The fourth-order valence-corrected chi connectivity index (χ4v) is 7.31. The molecule has 1 aromatic carbocycles. The number of carbonyl (C=O) groups is 3. The zero-order chi connectivity index (χ0) is 32.2. The number of phenols is 1. The van der Waals surface area contributed by atoms with Gasteiger partial charge < -0.3 is 35.7 Å². The van der Waals surface area contributed by atoms with Gasteiger partial charge in [-0.2, -0.15) is 0 Å². The molecule has 0 unspecified atom stereocenters. The third-order valence-electron chi connectivity index (χ3n) is 9.56. The van der Waals surface area contributed by atoms with E-state index in [2.05, 4.69) is 10.2 Å². The summed E-state index contributed by atoms with van der Waals surface area (Å²) in [4.78, 5) is 59.2. The van der Waals surface area contributed by atoms with Gasteiger partial charge in [0.25, 0.3) is 11.0 Å². The minimum atomic E-state index is -2.95. The van der Waals surface area contributed by atoms with Gasteiger partial charge in [0.15, 0.2) is 11.4 Å². The molecule has 0 aromatic heterocycles. The predicted octanol–water partition coefficient (Wildman–Crippen LogP) is 0.161. The Morgan fingerprint density at radius 2 is 1.86 bits per heavy atom. The van der Waals surface area contributed by atoms with Gasteiger partial charge >= 0.3 is 0 Å². The molecule has 3 aliphatic carbocycles. The Kier molecular flexibility index (Phi) is 8.18. The van der Waals surface area contributed by atoms with Gasteiger partial charge in [-0.25, -0.2) is 0 Å². The van der Waals surface area contributed by atoms with E-state index in [-0.39, 0.29) is 30.5 Å². The molecule has 0 bridgehead atoms. The molecule has 1 aliphatic heterocycles. The second-order valence-electron chi connectivity index (χ2n) is 12.2. The van der Waals surface area contributed by atoms with E-state index in [0.29, 0.717) is 31.5 Å². The van der Waals surface area contributed by atoms with Crippen LogP contribution in [0.5, 0.6) is 5.75 Å². The largest absolute Gasteiger partial charge is 0.510 e. The number of likely N-dealkylation sites (tertiary alicyclic amines) is 1. The topological polar surface area (TPSA) is 223 Å². The predicted molar refractivity (Wildman–Crippen MR) is 151 cm³/mol. The fourth-order valence-electron chi connectivity index (χ4n) is 7.31. The van der Waals surface area contributed by atoms with Gasteiger partial charge in [-0.05, 0) is 50.4 Å². The van der Waals surface area contributed by atoms with Crippen LogP contribution in [-0.2, 0) is 14.4 Å². The summed E-state index contributed by atoms with van der Waals surface area (Å²) in [6, 6.07) is 3.12. The summed E-state index contributed by atoms with van der Waals surface area (Å²) in [6.07, 6.45) is -0.511. The van der Waals surface area contributed by atoms with Crippen molar-refractivity contribution < 1.29 is 49.8 Å². The molecule has 1 amide bonds. The zero-order valence-corrected chi connectivity index (χ0v) is 24.5. The first-order valence-corrected chi connectivity index (χ1v) is 14.3. The Hall–Kier alpha value is -4.05. The Morgan fingerprint density at radius 1 is 1.20 bits per heavy atom. The molecule has 5 rings (SSSR count). The van der Waals surface area contributed by atoms with Crippen LogP contribution in [0.15, 0.2) is 40.9 Å². The van der Waals surface area contributed by atoms with Gasteiger partial charge in [0.1, 0.15) is 22.8 Å². The molecule has 1 heterocycles. The number of aliphatic hydroxyl groups is 4. The summed E-state index contributed by atoms with van der Waals surface area (Å²) in [6.45, 7) is 2.52. The highest BCUT2D eigenvalue weighted by atomic mass is 16.9. The summed E-state index contributed by atoms with van der Waals surface area (Å²) in [5.41, 5.74) is -3.92. The molecule has 0 spiro atoms. The van der Waals surface area contributed by atoms with E-state index in [4.69, 9.17) is 0 Å². The monoisotopic (exact) mass is 616 g/mol. The average molecular weight is 617 g/mol. The first-order valence-electron chi connectivity index (χ1n) is 14.3. The number of aliphatic hydroxyl groups excluding tert-OH is 3. The van der Waals surface area contributed by atoms with Gasteiger partial charge in [0, 0.05) is 24.6 Å². The average Bonchev–Trinajstić information content (AvgIpc) is 2.97. The molecule has 1 fully saturated rings. The lowest BCUT2D eigenvalue weighted by molar-refractivity contribution is -0.759. The number of hydrogen-bond donors (Lipinski definition) is 6. The number of phenolic OH excluding ortho intramolecular Hbond substituents is 1. The third kappa shape index (κ3) is 4.80. The number of benzene rings is 1. The van der Waals surface area contributed by atoms with Crippen molar-refractivity contribution in [2.24, 2.45) is 17.8 Å². The van der Waals surface area contributed by atoms with Crippen molar-refractivity contribution in [1.29, 1.82) is 0 Å². The number of rotatable bonds is 7. The molecule has 0 saturated carbocycles. The molecule has 1 aromatic rings.